The van der Waals surface area contributed by atoms with E-state index in [9.17, 15) is 4.79 Å². The van der Waals surface area contributed by atoms with E-state index in [1.807, 2.05) is 30.3 Å². The minimum atomic E-state index is -0.0964. The van der Waals surface area contributed by atoms with Crippen molar-refractivity contribution in [3.8, 4) is 11.3 Å². The van der Waals surface area contributed by atoms with Gasteiger partial charge in [-0.05, 0) is 0 Å². The summed E-state index contributed by atoms with van der Waals surface area (Å²) in [4.78, 5) is 11.5. The number of nitrogens with zero attached hydrogens (tertiary/aromatic N) is 1. The Kier molecular flexibility index (Phi) is 3.37. The molecule has 2 aromatic rings. The number of rotatable bonds is 4. The molecule has 0 aliphatic carbocycles. The van der Waals surface area contributed by atoms with Crippen molar-refractivity contribution in [2.24, 2.45) is 0 Å². The van der Waals surface area contributed by atoms with Gasteiger partial charge < -0.3 is 4.52 Å². The van der Waals surface area contributed by atoms with Crippen LogP contribution in [0.3, 0.4) is 0 Å². The van der Waals surface area contributed by atoms with Gasteiger partial charge in [0.25, 0.3) is 0 Å². The number of carbonyl (C=O) groups is 1. The Morgan fingerprint density at radius 1 is 1.31 bits per heavy atom. The van der Waals surface area contributed by atoms with Crippen LogP contribution in [0.4, 0.5) is 0 Å². The Morgan fingerprint density at radius 2 is 2.06 bits per heavy atom. The van der Waals surface area contributed by atoms with Crippen molar-refractivity contribution < 1.29 is 9.32 Å². The van der Waals surface area contributed by atoms with Gasteiger partial charge in [0, 0.05) is 23.9 Å². The minimum absolute atomic E-state index is 0.0964. The summed E-state index contributed by atoms with van der Waals surface area (Å²) < 4.78 is 5.10. The zero-order chi connectivity index (χ0) is 11.4. The molecule has 0 radical (unpaired) electrons. The third-order valence-electron chi connectivity index (χ3n) is 2.18. The highest BCUT2D eigenvalue weighted by Crippen LogP contribution is 2.20. The summed E-state index contributed by atoms with van der Waals surface area (Å²) in [6.07, 6.45) is 0.280. The molecule has 4 heteroatoms. The Morgan fingerprint density at radius 3 is 2.75 bits per heavy atom. The van der Waals surface area contributed by atoms with E-state index in [0.717, 1.165) is 5.56 Å². The van der Waals surface area contributed by atoms with Gasteiger partial charge in [-0.15, -0.1) is 11.6 Å². The topological polar surface area (TPSA) is 43.1 Å². The van der Waals surface area contributed by atoms with Gasteiger partial charge in [-0.25, -0.2) is 0 Å². The first-order chi connectivity index (χ1) is 7.81. The average Bonchev–Trinajstić information content (AvgIpc) is 2.80. The van der Waals surface area contributed by atoms with Gasteiger partial charge in [0.1, 0.15) is 5.69 Å². The second kappa shape index (κ2) is 4.94. The molecule has 0 N–H and O–H groups in total. The lowest BCUT2D eigenvalue weighted by Gasteiger charge is -1.91. The van der Waals surface area contributed by atoms with Gasteiger partial charge >= 0.3 is 0 Å². The van der Waals surface area contributed by atoms with Crippen LogP contribution in [0.15, 0.2) is 40.9 Å². The maximum atomic E-state index is 11.5. The van der Waals surface area contributed by atoms with E-state index in [4.69, 9.17) is 16.1 Å². The fraction of sp³-hybridized carbons (Fsp3) is 0.167. The highest BCUT2D eigenvalue weighted by atomic mass is 35.5. The first-order valence-corrected chi connectivity index (χ1v) is 5.46. The Balaban J connectivity index is 2.23. The Hall–Kier alpha value is -1.61. The van der Waals surface area contributed by atoms with Crippen LogP contribution in [-0.2, 0) is 0 Å². The minimum Gasteiger partial charge on any atom is -0.356 e. The van der Waals surface area contributed by atoms with E-state index in [-0.39, 0.29) is 12.2 Å². The number of aromatic nitrogens is 1. The molecule has 16 heavy (non-hydrogen) atoms. The van der Waals surface area contributed by atoms with Gasteiger partial charge in [0.15, 0.2) is 11.5 Å². The summed E-state index contributed by atoms with van der Waals surface area (Å²) >= 11 is 5.49. The first kappa shape index (κ1) is 10.9. The maximum Gasteiger partial charge on any atom is 0.185 e. The standard InChI is InChI=1S/C12H10ClNO2/c13-7-6-11(15)10-8-12(16-14-10)9-4-2-1-3-5-9/h1-5,8H,6-7H2. The monoisotopic (exact) mass is 235 g/mol. The molecular weight excluding hydrogens is 226 g/mol. The number of alkyl halides is 1. The molecule has 0 aliphatic heterocycles. The van der Waals surface area contributed by atoms with Crippen LogP contribution in [-0.4, -0.2) is 16.8 Å². The molecule has 2 rings (SSSR count). The van der Waals surface area contributed by atoms with Crippen LogP contribution in [0.25, 0.3) is 11.3 Å². The van der Waals surface area contributed by atoms with Gasteiger partial charge in [-0.2, -0.15) is 0 Å². The van der Waals surface area contributed by atoms with E-state index in [0.29, 0.717) is 17.3 Å². The number of hydrogen-bond acceptors (Lipinski definition) is 3. The SMILES string of the molecule is O=C(CCCl)c1cc(-c2ccccc2)on1. The Labute approximate surface area is 98.0 Å². The van der Waals surface area contributed by atoms with Gasteiger partial charge in [0.2, 0.25) is 0 Å². The van der Waals surface area contributed by atoms with Crippen LogP contribution in [0.5, 0.6) is 0 Å². The van der Waals surface area contributed by atoms with Gasteiger partial charge in [-0.3, -0.25) is 4.79 Å². The highest BCUT2D eigenvalue weighted by Gasteiger charge is 2.12. The number of carbonyl (C=O) groups excluding carboxylic acids is 1. The molecule has 1 heterocycles. The average molecular weight is 236 g/mol. The second-order valence-electron chi connectivity index (χ2n) is 3.30. The fourth-order valence-corrected chi connectivity index (χ4v) is 1.53. The molecule has 1 aromatic carbocycles. The number of ketones is 1. The first-order valence-electron chi connectivity index (χ1n) is 4.92. The highest BCUT2D eigenvalue weighted by molar-refractivity contribution is 6.19. The summed E-state index contributed by atoms with van der Waals surface area (Å²) in [6, 6.07) is 11.2. The zero-order valence-electron chi connectivity index (χ0n) is 8.52. The number of Topliss-reactive ketones (excluding diaryl/α,β-unsaturated/α-hetero) is 1. The normalized spacial score (nSPS) is 10.3. The van der Waals surface area contributed by atoms with E-state index in [1.165, 1.54) is 0 Å². The van der Waals surface area contributed by atoms with Crippen LogP contribution in [0, 0.1) is 0 Å². The predicted molar refractivity (Wildman–Crippen MR) is 61.6 cm³/mol. The quantitative estimate of drug-likeness (QED) is 0.604. The van der Waals surface area contributed by atoms with Crippen molar-refractivity contribution >= 4 is 17.4 Å². The van der Waals surface area contributed by atoms with E-state index >= 15 is 0 Å². The third kappa shape index (κ3) is 2.31. The number of halogens is 1. The fourth-order valence-electron chi connectivity index (χ4n) is 1.36. The molecular formula is C12H10ClNO2. The molecule has 0 amide bonds. The number of hydrogen-bond donors (Lipinski definition) is 0. The van der Waals surface area contributed by atoms with Crippen LogP contribution < -0.4 is 0 Å². The molecule has 3 nitrogen and oxygen atoms in total. The van der Waals surface area contributed by atoms with Gasteiger partial charge in [0.05, 0.1) is 0 Å². The smallest absolute Gasteiger partial charge is 0.185 e. The van der Waals surface area contributed by atoms with Crippen molar-refractivity contribution in [3.63, 3.8) is 0 Å². The Bertz CT molecular complexity index is 479. The van der Waals surface area contributed by atoms with Crippen molar-refractivity contribution in [2.45, 2.75) is 6.42 Å². The molecule has 0 aliphatic rings. The lowest BCUT2D eigenvalue weighted by Crippen LogP contribution is -1.99. The summed E-state index contributed by atoms with van der Waals surface area (Å²) in [6.45, 7) is 0. The molecule has 0 saturated carbocycles. The molecule has 0 fully saturated rings. The van der Waals surface area contributed by atoms with Crippen molar-refractivity contribution in [1.82, 2.24) is 5.16 Å². The summed E-state index contributed by atoms with van der Waals surface area (Å²) in [5.74, 6) is 0.797. The van der Waals surface area contributed by atoms with Crippen LogP contribution >= 0.6 is 11.6 Å². The van der Waals surface area contributed by atoms with Crippen molar-refractivity contribution in [3.05, 3.63) is 42.1 Å². The zero-order valence-corrected chi connectivity index (χ0v) is 9.28. The molecule has 0 bridgehead atoms. The van der Waals surface area contributed by atoms with Crippen LogP contribution in [0.1, 0.15) is 16.9 Å². The van der Waals surface area contributed by atoms with Gasteiger partial charge in [-0.1, -0.05) is 35.5 Å². The van der Waals surface area contributed by atoms with E-state index in [2.05, 4.69) is 5.16 Å². The largest absolute Gasteiger partial charge is 0.356 e. The van der Waals surface area contributed by atoms with E-state index < -0.39 is 0 Å². The molecule has 0 unspecified atom stereocenters. The lowest BCUT2D eigenvalue weighted by atomic mass is 10.1. The van der Waals surface area contributed by atoms with E-state index in [1.54, 1.807) is 6.07 Å². The molecule has 1 aromatic heterocycles. The third-order valence-corrected chi connectivity index (χ3v) is 2.36. The second-order valence-corrected chi connectivity index (χ2v) is 3.68. The van der Waals surface area contributed by atoms with Crippen molar-refractivity contribution in [2.75, 3.05) is 5.88 Å². The summed E-state index contributed by atoms with van der Waals surface area (Å²) in [5, 5.41) is 3.73. The molecule has 0 saturated heterocycles. The lowest BCUT2D eigenvalue weighted by molar-refractivity contribution is 0.0980. The predicted octanol–water partition coefficient (Wildman–Crippen LogP) is 3.15. The van der Waals surface area contributed by atoms with Crippen molar-refractivity contribution in [1.29, 1.82) is 0 Å². The maximum absolute atomic E-state index is 11.5. The summed E-state index contributed by atoms with van der Waals surface area (Å²) in [7, 11) is 0. The molecule has 0 spiro atoms. The molecule has 0 atom stereocenters. The summed E-state index contributed by atoms with van der Waals surface area (Å²) in [5.41, 5.74) is 1.24. The number of benzene rings is 1. The molecule has 82 valence electrons. The van der Waals surface area contributed by atoms with Crippen LogP contribution in [0.2, 0.25) is 0 Å².